The second kappa shape index (κ2) is 5.89. The first kappa shape index (κ1) is 12.9. The minimum atomic E-state index is 0.462. The lowest BCUT2D eigenvalue weighted by Crippen LogP contribution is -2.22. The first-order valence-electron chi connectivity index (χ1n) is 7.24. The molecule has 0 bridgehead atoms. The van der Waals surface area contributed by atoms with Crippen LogP contribution in [0.4, 0.5) is 0 Å². The normalized spacial score (nSPS) is 15.4. The predicted octanol–water partition coefficient (Wildman–Crippen LogP) is 4.13. The Kier molecular flexibility index (Phi) is 4.00. The van der Waals surface area contributed by atoms with Gasteiger partial charge in [0.05, 0.1) is 0 Å². The Morgan fingerprint density at radius 1 is 1.21 bits per heavy atom. The summed E-state index contributed by atoms with van der Waals surface area (Å²) in [6, 6.07) is 11.9. The van der Waals surface area contributed by atoms with Crippen molar-refractivity contribution in [2.75, 3.05) is 6.54 Å². The van der Waals surface area contributed by atoms with Gasteiger partial charge < -0.3 is 5.32 Å². The van der Waals surface area contributed by atoms with Gasteiger partial charge in [-0.25, -0.2) is 0 Å². The van der Waals surface area contributed by atoms with Crippen molar-refractivity contribution in [2.45, 2.75) is 38.6 Å². The quantitative estimate of drug-likeness (QED) is 0.862. The molecule has 1 unspecified atom stereocenters. The number of benzene rings is 1. The Hall–Kier alpha value is -1.12. The monoisotopic (exact) mass is 271 g/mol. The summed E-state index contributed by atoms with van der Waals surface area (Å²) in [4.78, 5) is 1.45. The molecule has 1 atom stereocenters. The summed E-state index contributed by atoms with van der Waals surface area (Å²) in [7, 11) is 0. The van der Waals surface area contributed by atoms with Gasteiger partial charge in [-0.05, 0) is 60.4 Å². The minimum Gasteiger partial charge on any atom is -0.309 e. The molecule has 100 valence electrons. The van der Waals surface area contributed by atoms with Gasteiger partial charge in [-0.1, -0.05) is 31.2 Å². The maximum Gasteiger partial charge on any atom is 0.0455 e. The van der Waals surface area contributed by atoms with Gasteiger partial charge in [0.15, 0.2) is 0 Å². The Morgan fingerprint density at radius 2 is 2.11 bits per heavy atom. The Labute approximate surface area is 119 Å². The van der Waals surface area contributed by atoms with E-state index in [0.717, 1.165) is 13.0 Å². The average Bonchev–Trinajstić information content (AvgIpc) is 3.09. The Morgan fingerprint density at radius 3 is 2.89 bits per heavy atom. The van der Waals surface area contributed by atoms with E-state index >= 15 is 0 Å². The van der Waals surface area contributed by atoms with Gasteiger partial charge >= 0.3 is 0 Å². The molecule has 1 aliphatic rings. The minimum absolute atomic E-state index is 0.462. The fraction of sp³-hybridized carbons (Fsp3) is 0.412. The van der Waals surface area contributed by atoms with Crippen molar-refractivity contribution in [3.05, 3.63) is 57.3 Å². The molecule has 19 heavy (non-hydrogen) atoms. The lowest BCUT2D eigenvalue weighted by Gasteiger charge is -2.17. The highest BCUT2D eigenvalue weighted by atomic mass is 32.1. The molecule has 1 aromatic carbocycles. The molecule has 2 aromatic rings. The first-order chi connectivity index (χ1) is 9.36. The van der Waals surface area contributed by atoms with Crippen molar-refractivity contribution in [3.8, 4) is 0 Å². The summed E-state index contributed by atoms with van der Waals surface area (Å²) in [5, 5.41) is 5.78. The number of nitrogens with one attached hydrogen (secondary N) is 1. The van der Waals surface area contributed by atoms with Crippen molar-refractivity contribution >= 4 is 11.3 Å². The second-order valence-electron chi connectivity index (χ2n) is 5.29. The number of thiophene rings is 1. The van der Waals surface area contributed by atoms with Gasteiger partial charge in [-0.2, -0.15) is 0 Å². The van der Waals surface area contributed by atoms with Crippen LogP contribution < -0.4 is 5.32 Å². The molecule has 1 aromatic heterocycles. The third-order valence-electron chi connectivity index (χ3n) is 3.94. The summed E-state index contributed by atoms with van der Waals surface area (Å²) in [5.41, 5.74) is 4.62. The molecule has 2 heteroatoms. The summed E-state index contributed by atoms with van der Waals surface area (Å²) in [5.74, 6) is 0. The van der Waals surface area contributed by atoms with Crippen LogP contribution in [0.1, 0.15) is 41.0 Å². The molecule has 1 N–H and O–H groups in total. The van der Waals surface area contributed by atoms with Crippen LogP contribution in [-0.2, 0) is 19.3 Å². The number of likely N-dealkylation sites (N-methyl/N-ethyl adjacent to an activating group) is 1. The summed E-state index contributed by atoms with van der Waals surface area (Å²) < 4.78 is 0. The highest BCUT2D eigenvalue weighted by molar-refractivity contribution is 7.10. The molecule has 0 saturated heterocycles. The van der Waals surface area contributed by atoms with Crippen molar-refractivity contribution in [2.24, 2.45) is 0 Å². The number of hydrogen-bond donors (Lipinski definition) is 1. The number of rotatable bonds is 5. The van der Waals surface area contributed by atoms with Crippen molar-refractivity contribution in [1.82, 2.24) is 5.32 Å². The Bertz CT molecular complexity index is 530. The molecule has 0 amide bonds. The molecule has 0 aliphatic heterocycles. The van der Waals surface area contributed by atoms with E-state index in [-0.39, 0.29) is 0 Å². The highest BCUT2D eigenvalue weighted by Gasteiger charge is 2.15. The van der Waals surface area contributed by atoms with Gasteiger partial charge in [-0.3, -0.25) is 0 Å². The molecule has 0 radical (unpaired) electrons. The average molecular weight is 271 g/mol. The van der Waals surface area contributed by atoms with Crippen molar-refractivity contribution in [1.29, 1.82) is 0 Å². The molecular formula is C17H21NS. The first-order valence-corrected chi connectivity index (χ1v) is 8.12. The van der Waals surface area contributed by atoms with Gasteiger partial charge in [-0.15, -0.1) is 11.3 Å². The molecule has 1 nitrogen and oxygen atoms in total. The van der Waals surface area contributed by atoms with E-state index in [1.165, 1.54) is 29.7 Å². The zero-order valence-electron chi connectivity index (χ0n) is 11.5. The zero-order valence-corrected chi connectivity index (χ0v) is 12.3. The number of aryl methyl sites for hydroxylation is 2. The number of fused-ring (bicyclic) bond motifs is 1. The third kappa shape index (κ3) is 2.90. The van der Waals surface area contributed by atoms with E-state index in [4.69, 9.17) is 0 Å². The van der Waals surface area contributed by atoms with E-state index < -0.39 is 0 Å². The molecule has 0 saturated carbocycles. The standard InChI is InChI=1S/C17H21NS/c1-2-18-16(17-7-4-10-19-17)12-13-8-9-14-5-3-6-15(14)11-13/h4,7-11,16,18H,2-3,5-6,12H2,1H3. The summed E-state index contributed by atoms with van der Waals surface area (Å²) >= 11 is 1.85. The van der Waals surface area contributed by atoms with Crippen LogP contribution in [0.15, 0.2) is 35.7 Å². The van der Waals surface area contributed by atoms with Gasteiger partial charge in [0, 0.05) is 10.9 Å². The van der Waals surface area contributed by atoms with Crippen LogP contribution in [0, 0.1) is 0 Å². The van der Waals surface area contributed by atoms with E-state index in [1.807, 2.05) is 11.3 Å². The predicted molar refractivity (Wildman–Crippen MR) is 82.9 cm³/mol. The largest absolute Gasteiger partial charge is 0.309 e. The Balaban J connectivity index is 1.78. The molecule has 1 heterocycles. The van der Waals surface area contributed by atoms with Crippen LogP contribution >= 0.6 is 11.3 Å². The maximum atomic E-state index is 3.61. The summed E-state index contributed by atoms with van der Waals surface area (Å²) in [6.07, 6.45) is 4.98. The maximum absolute atomic E-state index is 3.61. The fourth-order valence-electron chi connectivity index (χ4n) is 3.00. The summed E-state index contributed by atoms with van der Waals surface area (Å²) in [6.45, 7) is 3.21. The molecule has 3 rings (SSSR count). The third-order valence-corrected chi connectivity index (χ3v) is 4.93. The zero-order chi connectivity index (χ0) is 13.1. The SMILES string of the molecule is CCNC(Cc1ccc2c(c1)CCC2)c1cccs1. The van der Waals surface area contributed by atoms with E-state index in [9.17, 15) is 0 Å². The van der Waals surface area contributed by atoms with Crippen molar-refractivity contribution in [3.63, 3.8) is 0 Å². The van der Waals surface area contributed by atoms with E-state index in [0.29, 0.717) is 6.04 Å². The lowest BCUT2D eigenvalue weighted by molar-refractivity contribution is 0.558. The van der Waals surface area contributed by atoms with E-state index in [1.54, 1.807) is 11.1 Å². The lowest BCUT2D eigenvalue weighted by atomic mass is 10.00. The van der Waals surface area contributed by atoms with Crippen molar-refractivity contribution < 1.29 is 0 Å². The smallest absolute Gasteiger partial charge is 0.0455 e. The van der Waals surface area contributed by atoms with Gasteiger partial charge in [0.25, 0.3) is 0 Å². The molecular weight excluding hydrogens is 250 g/mol. The van der Waals surface area contributed by atoms with Gasteiger partial charge in [0.2, 0.25) is 0 Å². The van der Waals surface area contributed by atoms with Crippen LogP contribution in [0.25, 0.3) is 0 Å². The van der Waals surface area contributed by atoms with Crippen LogP contribution in [0.3, 0.4) is 0 Å². The highest BCUT2D eigenvalue weighted by Crippen LogP contribution is 2.27. The van der Waals surface area contributed by atoms with Crippen LogP contribution in [0.5, 0.6) is 0 Å². The molecule has 0 fully saturated rings. The number of hydrogen-bond acceptors (Lipinski definition) is 2. The van der Waals surface area contributed by atoms with Crippen LogP contribution in [0.2, 0.25) is 0 Å². The van der Waals surface area contributed by atoms with Gasteiger partial charge in [0.1, 0.15) is 0 Å². The van der Waals surface area contributed by atoms with Crippen LogP contribution in [-0.4, -0.2) is 6.54 Å². The molecule has 0 spiro atoms. The second-order valence-corrected chi connectivity index (χ2v) is 6.27. The topological polar surface area (TPSA) is 12.0 Å². The fourth-order valence-corrected chi connectivity index (χ4v) is 3.80. The van der Waals surface area contributed by atoms with E-state index in [2.05, 4.69) is 48.0 Å². The molecule has 1 aliphatic carbocycles.